The van der Waals surface area contributed by atoms with Crippen molar-refractivity contribution in [1.29, 1.82) is 0 Å². The Morgan fingerprint density at radius 3 is 2.48 bits per heavy atom. The lowest BCUT2D eigenvalue weighted by Crippen LogP contribution is -2.40. The van der Waals surface area contributed by atoms with Gasteiger partial charge in [0.05, 0.1) is 13.2 Å². The van der Waals surface area contributed by atoms with Crippen LogP contribution in [0.25, 0.3) is 0 Å². The van der Waals surface area contributed by atoms with E-state index in [0.29, 0.717) is 0 Å². The van der Waals surface area contributed by atoms with Crippen LogP contribution in [0.4, 0.5) is 5.69 Å². The van der Waals surface area contributed by atoms with Crippen LogP contribution in [-0.4, -0.2) is 54.3 Å². The monoisotopic (exact) mass is 411 g/mol. The van der Waals surface area contributed by atoms with E-state index in [1.165, 1.54) is 16.7 Å². The normalized spacial score (nSPS) is 14.6. The molecule has 0 radical (unpaired) electrons. The third kappa shape index (κ3) is 6.53. The summed E-state index contributed by atoms with van der Waals surface area (Å²) in [6.45, 7) is 11.0. The molecule has 0 amide bonds. The number of morpholine rings is 1. The summed E-state index contributed by atoms with van der Waals surface area (Å²) in [6, 6.07) is 17.0. The zero-order valence-electron chi connectivity index (χ0n) is 17.7. The van der Waals surface area contributed by atoms with Crippen LogP contribution in [0.5, 0.6) is 0 Å². The van der Waals surface area contributed by atoms with Crippen LogP contribution >= 0.6 is 12.2 Å². The molecule has 1 N–H and O–H groups in total. The predicted octanol–water partition coefficient (Wildman–Crippen LogP) is 4.48. The average molecular weight is 412 g/mol. The molecule has 0 aromatic heterocycles. The summed E-state index contributed by atoms with van der Waals surface area (Å²) in [5.41, 5.74) is 5.04. The number of hydrogen-bond acceptors (Lipinski definition) is 3. The number of rotatable bonds is 8. The molecule has 1 fully saturated rings. The molecule has 1 aliphatic rings. The average Bonchev–Trinajstić information content (AvgIpc) is 2.75. The number of benzene rings is 2. The number of anilines is 1. The minimum atomic E-state index is 0.802. The molecule has 0 saturated carbocycles. The van der Waals surface area contributed by atoms with Gasteiger partial charge in [-0.25, -0.2) is 0 Å². The topological polar surface area (TPSA) is 27.7 Å². The van der Waals surface area contributed by atoms with Crippen LogP contribution in [0, 0.1) is 6.92 Å². The first-order chi connectivity index (χ1) is 14.2. The van der Waals surface area contributed by atoms with Crippen LogP contribution in [0.2, 0.25) is 0 Å². The highest BCUT2D eigenvalue weighted by Crippen LogP contribution is 2.18. The van der Waals surface area contributed by atoms with Gasteiger partial charge in [0.15, 0.2) is 5.11 Å². The van der Waals surface area contributed by atoms with E-state index in [2.05, 4.69) is 77.5 Å². The van der Waals surface area contributed by atoms with Crippen molar-refractivity contribution in [2.45, 2.75) is 33.2 Å². The van der Waals surface area contributed by atoms with Crippen LogP contribution in [0.1, 0.15) is 30.0 Å². The third-order valence-electron chi connectivity index (χ3n) is 5.56. The zero-order chi connectivity index (χ0) is 20.5. The van der Waals surface area contributed by atoms with Gasteiger partial charge in [-0.05, 0) is 54.7 Å². The number of nitrogens with one attached hydrogen (secondary N) is 1. The summed E-state index contributed by atoms with van der Waals surface area (Å²) in [5.74, 6) is 0. The molecular weight excluding hydrogens is 378 g/mol. The minimum absolute atomic E-state index is 0.802. The molecule has 0 aliphatic carbocycles. The molecule has 5 heteroatoms. The molecule has 3 rings (SSSR count). The van der Waals surface area contributed by atoms with Gasteiger partial charge in [-0.3, -0.25) is 4.90 Å². The lowest BCUT2D eigenvalue weighted by atomic mass is 10.1. The summed E-state index contributed by atoms with van der Waals surface area (Å²) in [6.07, 6.45) is 2.07. The summed E-state index contributed by atoms with van der Waals surface area (Å²) in [4.78, 5) is 4.79. The van der Waals surface area contributed by atoms with E-state index in [-0.39, 0.29) is 0 Å². The van der Waals surface area contributed by atoms with Crippen molar-refractivity contribution in [1.82, 2.24) is 9.80 Å². The lowest BCUT2D eigenvalue weighted by Gasteiger charge is -2.30. The standard InChI is InChI=1S/C24H33N3OS/c1-3-21-10-6-7-12-23(21)25-24(29)27(19-22-11-5-4-9-20(22)2)14-8-13-26-15-17-28-18-16-26/h4-7,9-12H,3,8,13-19H2,1-2H3,(H,25,29). The molecule has 0 unspecified atom stereocenters. The second kappa shape index (κ2) is 11.3. The Labute approximate surface area is 180 Å². The Balaban J connectivity index is 1.67. The first kappa shape index (κ1) is 21.8. The van der Waals surface area contributed by atoms with Gasteiger partial charge < -0.3 is 15.0 Å². The highest BCUT2D eigenvalue weighted by molar-refractivity contribution is 7.80. The van der Waals surface area contributed by atoms with Gasteiger partial charge in [0.25, 0.3) is 0 Å². The smallest absolute Gasteiger partial charge is 0.173 e. The van der Waals surface area contributed by atoms with E-state index in [1.807, 2.05) is 0 Å². The third-order valence-corrected chi connectivity index (χ3v) is 5.92. The van der Waals surface area contributed by atoms with Crippen molar-refractivity contribution in [3.63, 3.8) is 0 Å². The summed E-state index contributed by atoms with van der Waals surface area (Å²) in [7, 11) is 0. The van der Waals surface area contributed by atoms with E-state index in [0.717, 1.165) is 69.6 Å². The molecule has 1 saturated heterocycles. The van der Waals surface area contributed by atoms with Crippen LogP contribution in [0.15, 0.2) is 48.5 Å². The molecule has 2 aromatic carbocycles. The second-order valence-electron chi connectivity index (χ2n) is 7.60. The van der Waals surface area contributed by atoms with Gasteiger partial charge >= 0.3 is 0 Å². The Hall–Kier alpha value is -1.95. The number of aryl methyl sites for hydroxylation is 2. The van der Waals surface area contributed by atoms with Crippen LogP contribution < -0.4 is 5.32 Å². The van der Waals surface area contributed by atoms with Gasteiger partial charge in [0.2, 0.25) is 0 Å². The molecule has 1 heterocycles. The number of hydrogen-bond donors (Lipinski definition) is 1. The first-order valence-electron chi connectivity index (χ1n) is 10.7. The van der Waals surface area contributed by atoms with E-state index >= 15 is 0 Å². The van der Waals surface area contributed by atoms with Gasteiger partial charge in [-0.15, -0.1) is 0 Å². The first-order valence-corrected chi connectivity index (χ1v) is 11.1. The van der Waals surface area contributed by atoms with Gasteiger partial charge in [0.1, 0.15) is 0 Å². The van der Waals surface area contributed by atoms with Crippen molar-refractivity contribution < 1.29 is 4.74 Å². The fourth-order valence-corrected chi connectivity index (χ4v) is 3.97. The number of para-hydroxylation sites is 1. The summed E-state index contributed by atoms with van der Waals surface area (Å²) >= 11 is 5.86. The van der Waals surface area contributed by atoms with E-state index in [1.54, 1.807) is 0 Å². The second-order valence-corrected chi connectivity index (χ2v) is 7.98. The van der Waals surface area contributed by atoms with E-state index < -0.39 is 0 Å². The highest BCUT2D eigenvalue weighted by atomic mass is 32.1. The number of nitrogens with zero attached hydrogens (tertiary/aromatic N) is 2. The van der Waals surface area contributed by atoms with Crippen molar-refractivity contribution in [3.05, 3.63) is 65.2 Å². The van der Waals surface area contributed by atoms with Gasteiger partial charge in [0, 0.05) is 38.4 Å². The van der Waals surface area contributed by atoms with Gasteiger partial charge in [-0.2, -0.15) is 0 Å². The molecule has 0 atom stereocenters. The fraction of sp³-hybridized carbons (Fsp3) is 0.458. The Kier molecular flexibility index (Phi) is 8.47. The van der Waals surface area contributed by atoms with Gasteiger partial charge in [-0.1, -0.05) is 49.4 Å². The molecule has 1 aliphatic heterocycles. The molecular formula is C24H33N3OS. The predicted molar refractivity (Wildman–Crippen MR) is 126 cm³/mol. The minimum Gasteiger partial charge on any atom is -0.379 e. The number of ether oxygens (including phenoxy) is 1. The highest BCUT2D eigenvalue weighted by Gasteiger charge is 2.15. The molecule has 2 aromatic rings. The lowest BCUT2D eigenvalue weighted by molar-refractivity contribution is 0.0368. The van der Waals surface area contributed by atoms with E-state index in [9.17, 15) is 0 Å². The molecule has 156 valence electrons. The Morgan fingerprint density at radius 1 is 1.07 bits per heavy atom. The molecule has 0 spiro atoms. The molecule has 4 nitrogen and oxygen atoms in total. The van der Waals surface area contributed by atoms with Crippen molar-refractivity contribution in [2.24, 2.45) is 0 Å². The largest absolute Gasteiger partial charge is 0.379 e. The summed E-state index contributed by atoms with van der Waals surface area (Å²) in [5, 5.41) is 4.32. The summed E-state index contributed by atoms with van der Waals surface area (Å²) < 4.78 is 5.46. The van der Waals surface area contributed by atoms with Crippen molar-refractivity contribution in [3.8, 4) is 0 Å². The SMILES string of the molecule is CCc1ccccc1NC(=S)N(CCCN1CCOCC1)Cc1ccccc1C. The Bertz CT molecular complexity index is 789. The zero-order valence-corrected chi connectivity index (χ0v) is 18.5. The number of thiocarbonyl (C=S) groups is 1. The fourth-order valence-electron chi connectivity index (χ4n) is 3.70. The molecule has 0 bridgehead atoms. The maximum Gasteiger partial charge on any atom is 0.173 e. The van der Waals surface area contributed by atoms with Crippen LogP contribution in [-0.2, 0) is 17.7 Å². The Morgan fingerprint density at radius 2 is 1.76 bits per heavy atom. The van der Waals surface area contributed by atoms with Crippen molar-refractivity contribution >= 4 is 23.0 Å². The maximum atomic E-state index is 5.86. The van der Waals surface area contributed by atoms with E-state index in [4.69, 9.17) is 17.0 Å². The maximum absolute atomic E-state index is 5.86. The van der Waals surface area contributed by atoms with Crippen molar-refractivity contribution in [2.75, 3.05) is 44.7 Å². The van der Waals surface area contributed by atoms with Crippen LogP contribution in [0.3, 0.4) is 0 Å². The molecule has 29 heavy (non-hydrogen) atoms. The quantitative estimate of drug-likeness (QED) is 0.647.